The molecule has 1 aromatic carbocycles. The van der Waals surface area contributed by atoms with Gasteiger partial charge in [-0.2, -0.15) is 0 Å². The van der Waals surface area contributed by atoms with Gasteiger partial charge in [0.1, 0.15) is 0 Å². The molecule has 1 aromatic heterocycles. The third kappa shape index (κ3) is 4.91. The maximum absolute atomic E-state index is 12.4. The first-order valence-corrected chi connectivity index (χ1v) is 9.21. The number of carbonyl (C=O) groups excluding carboxylic acids is 2. The SMILES string of the molecule is Cc1ccc(CNC(=O)c2cncc(C(=O)NC3CCCCC3)c2)cc1. The van der Waals surface area contributed by atoms with Gasteiger partial charge >= 0.3 is 0 Å². The first-order valence-electron chi connectivity index (χ1n) is 9.21. The molecule has 0 bridgehead atoms. The fraction of sp³-hybridized carbons (Fsp3) is 0.381. The van der Waals surface area contributed by atoms with E-state index in [0.29, 0.717) is 17.7 Å². The molecule has 1 heterocycles. The summed E-state index contributed by atoms with van der Waals surface area (Å²) in [6, 6.07) is 9.84. The second-order valence-corrected chi connectivity index (χ2v) is 6.94. The van der Waals surface area contributed by atoms with Crippen LogP contribution in [0, 0.1) is 6.92 Å². The first kappa shape index (κ1) is 18.1. The number of pyridine rings is 1. The van der Waals surface area contributed by atoms with Gasteiger partial charge in [-0.1, -0.05) is 49.1 Å². The molecule has 1 saturated carbocycles. The molecule has 0 aliphatic heterocycles. The minimum atomic E-state index is -0.231. The summed E-state index contributed by atoms with van der Waals surface area (Å²) in [5, 5.41) is 5.93. The van der Waals surface area contributed by atoms with Gasteiger partial charge in [-0.25, -0.2) is 0 Å². The van der Waals surface area contributed by atoms with Crippen molar-refractivity contribution in [2.75, 3.05) is 0 Å². The molecule has 0 unspecified atom stereocenters. The molecule has 1 fully saturated rings. The van der Waals surface area contributed by atoms with E-state index in [2.05, 4.69) is 15.6 Å². The molecule has 1 aliphatic rings. The molecule has 0 atom stereocenters. The quantitative estimate of drug-likeness (QED) is 0.867. The van der Waals surface area contributed by atoms with E-state index in [1.165, 1.54) is 24.4 Å². The molecule has 5 heteroatoms. The molecule has 3 rings (SSSR count). The number of nitrogens with one attached hydrogen (secondary N) is 2. The summed E-state index contributed by atoms with van der Waals surface area (Å²) in [6.45, 7) is 2.47. The Hall–Kier alpha value is -2.69. The lowest BCUT2D eigenvalue weighted by Gasteiger charge is -2.22. The lowest BCUT2D eigenvalue weighted by molar-refractivity contribution is 0.0927. The number of hydrogen-bond acceptors (Lipinski definition) is 3. The Balaban J connectivity index is 1.59. The van der Waals surface area contributed by atoms with Gasteiger partial charge in [0.15, 0.2) is 0 Å². The highest BCUT2D eigenvalue weighted by atomic mass is 16.2. The number of hydrogen-bond donors (Lipinski definition) is 2. The second-order valence-electron chi connectivity index (χ2n) is 6.94. The van der Waals surface area contributed by atoms with Crippen LogP contribution in [0.1, 0.15) is 63.9 Å². The van der Waals surface area contributed by atoms with Crippen LogP contribution >= 0.6 is 0 Å². The highest BCUT2D eigenvalue weighted by molar-refractivity contribution is 5.99. The van der Waals surface area contributed by atoms with E-state index in [1.807, 2.05) is 31.2 Å². The van der Waals surface area contributed by atoms with Crippen molar-refractivity contribution < 1.29 is 9.59 Å². The topological polar surface area (TPSA) is 71.1 Å². The number of amides is 2. The van der Waals surface area contributed by atoms with Crippen molar-refractivity contribution in [1.82, 2.24) is 15.6 Å². The maximum atomic E-state index is 12.4. The van der Waals surface area contributed by atoms with Crippen LogP contribution in [0.25, 0.3) is 0 Å². The van der Waals surface area contributed by atoms with Crippen molar-refractivity contribution in [2.24, 2.45) is 0 Å². The Morgan fingerprint density at radius 2 is 1.65 bits per heavy atom. The highest BCUT2D eigenvalue weighted by Crippen LogP contribution is 2.18. The van der Waals surface area contributed by atoms with Gasteiger partial charge < -0.3 is 10.6 Å². The maximum Gasteiger partial charge on any atom is 0.253 e. The number of benzene rings is 1. The Kier molecular flexibility index (Phi) is 6.00. The summed E-state index contributed by atoms with van der Waals surface area (Å²) in [4.78, 5) is 28.8. The molecule has 5 nitrogen and oxygen atoms in total. The molecule has 26 heavy (non-hydrogen) atoms. The molecular weight excluding hydrogens is 326 g/mol. The van der Waals surface area contributed by atoms with Crippen LogP contribution in [0.3, 0.4) is 0 Å². The van der Waals surface area contributed by atoms with Gasteiger partial charge in [0, 0.05) is 25.0 Å². The zero-order chi connectivity index (χ0) is 18.4. The van der Waals surface area contributed by atoms with Gasteiger partial charge in [-0.3, -0.25) is 14.6 Å². The molecule has 2 amide bonds. The standard InChI is InChI=1S/C21H25N3O2/c1-15-7-9-16(10-8-15)12-23-20(25)17-11-18(14-22-13-17)21(26)24-19-5-3-2-4-6-19/h7-11,13-14,19H,2-6,12H2,1H3,(H,23,25)(H,24,26). The van der Waals surface area contributed by atoms with Crippen LogP contribution in [0.5, 0.6) is 0 Å². The van der Waals surface area contributed by atoms with Gasteiger partial charge in [0.05, 0.1) is 11.1 Å². The third-order valence-electron chi connectivity index (χ3n) is 4.78. The minimum absolute atomic E-state index is 0.155. The number of nitrogens with zero attached hydrogens (tertiary/aromatic N) is 1. The van der Waals surface area contributed by atoms with Crippen molar-refractivity contribution in [1.29, 1.82) is 0 Å². The molecule has 1 aliphatic carbocycles. The van der Waals surface area contributed by atoms with Gasteiger partial charge in [0.25, 0.3) is 11.8 Å². The van der Waals surface area contributed by atoms with Crippen molar-refractivity contribution in [3.8, 4) is 0 Å². The molecule has 0 saturated heterocycles. The Morgan fingerprint density at radius 3 is 2.35 bits per heavy atom. The van der Waals surface area contributed by atoms with Crippen LogP contribution in [-0.2, 0) is 6.54 Å². The summed E-state index contributed by atoms with van der Waals surface area (Å²) in [7, 11) is 0. The monoisotopic (exact) mass is 351 g/mol. The Labute approximate surface area is 154 Å². The molecule has 0 radical (unpaired) electrons. The smallest absolute Gasteiger partial charge is 0.253 e. The molecule has 2 aromatic rings. The van der Waals surface area contributed by atoms with Crippen LogP contribution < -0.4 is 10.6 Å². The van der Waals surface area contributed by atoms with Crippen molar-refractivity contribution in [3.05, 3.63) is 65.0 Å². The largest absolute Gasteiger partial charge is 0.349 e. The van der Waals surface area contributed by atoms with Gasteiger partial charge in [-0.15, -0.1) is 0 Å². The molecule has 136 valence electrons. The number of rotatable bonds is 5. The van der Waals surface area contributed by atoms with Crippen molar-refractivity contribution in [3.63, 3.8) is 0 Å². The van der Waals surface area contributed by atoms with E-state index in [0.717, 1.165) is 31.2 Å². The fourth-order valence-corrected chi connectivity index (χ4v) is 3.19. The van der Waals surface area contributed by atoms with E-state index < -0.39 is 0 Å². The molecule has 0 spiro atoms. The van der Waals surface area contributed by atoms with Crippen molar-refractivity contribution >= 4 is 11.8 Å². The summed E-state index contributed by atoms with van der Waals surface area (Å²) in [6.07, 6.45) is 8.60. The van der Waals surface area contributed by atoms with Crippen LogP contribution in [0.15, 0.2) is 42.7 Å². The van der Waals surface area contributed by atoms with Gasteiger partial charge in [-0.05, 0) is 31.4 Å². The molecule has 2 N–H and O–H groups in total. The summed E-state index contributed by atoms with van der Waals surface area (Å²) in [5.41, 5.74) is 3.04. The Morgan fingerprint density at radius 1 is 1.00 bits per heavy atom. The van der Waals surface area contributed by atoms with Crippen LogP contribution in [-0.4, -0.2) is 22.8 Å². The van der Waals surface area contributed by atoms with Gasteiger partial charge in [0.2, 0.25) is 0 Å². The van der Waals surface area contributed by atoms with Crippen LogP contribution in [0.4, 0.5) is 0 Å². The highest BCUT2D eigenvalue weighted by Gasteiger charge is 2.17. The van der Waals surface area contributed by atoms with Crippen molar-refractivity contribution in [2.45, 2.75) is 51.6 Å². The zero-order valence-corrected chi connectivity index (χ0v) is 15.1. The third-order valence-corrected chi connectivity index (χ3v) is 4.78. The zero-order valence-electron chi connectivity index (χ0n) is 15.1. The predicted octanol–water partition coefficient (Wildman–Crippen LogP) is 3.38. The number of aromatic nitrogens is 1. The summed E-state index contributed by atoms with van der Waals surface area (Å²) >= 11 is 0. The van der Waals surface area contributed by atoms with E-state index in [-0.39, 0.29) is 17.9 Å². The average molecular weight is 351 g/mol. The predicted molar refractivity (Wildman–Crippen MR) is 101 cm³/mol. The summed E-state index contributed by atoms with van der Waals surface area (Å²) < 4.78 is 0. The second kappa shape index (κ2) is 8.61. The molecular formula is C21H25N3O2. The number of carbonyl (C=O) groups is 2. The lowest BCUT2D eigenvalue weighted by atomic mass is 9.95. The van der Waals surface area contributed by atoms with Crippen LogP contribution in [0.2, 0.25) is 0 Å². The number of aryl methyl sites for hydroxylation is 1. The minimum Gasteiger partial charge on any atom is -0.349 e. The normalized spacial score (nSPS) is 14.7. The summed E-state index contributed by atoms with van der Waals surface area (Å²) in [5.74, 6) is -0.386. The Bertz CT molecular complexity index is 765. The first-order chi connectivity index (χ1) is 12.6. The van der Waals surface area contributed by atoms with E-state index >= 15 is 0 Å². The average Bonchev–Trinajstić information content (AvgIpc) is 2.68. The lowest BCUT2D eigenvalue weighted by Crippen LogP contribution is -2.36. The van der Waals surface area contributed by atoms with E-state index in [4.69, 9.17) is 0 Å². The van der Waals surface area contributed by atoms with E-state index in [1.54, 1.807) is 6.07 Å². The van der Waals surface area contributed by atoms with E-state index in [9.17, 15) is 9.59 Å². The fourth-order valence-electron chi connectivity index (χ4n) is 3.19.